The first-order chi connectivity index (χ1) is 10.1. The van der Waals surface area contributed by atoms with E-state index in [-0.39, 0.29) is 17.5 Å². The van der Waals surface area contributed by atoms with Crippen LogP contribution in [-0.4, -0.2) is 16.5 Å². The summed E-state index contributed by atoms with van der Waals surface area (Å²) in [7, 11) is 0. The van der Waals surface area contributed by atoms with Crippen molar-refractivity contribution in [1.29, 1.82) is 0 Å². The molecule has 0 aliphatic heterocycles. The van der Waals surface area contributed by atoms with Gasteiger partial charge in [0.05, 0.1) is 4.90 Å². The molecule has 112 valence electrons. The fourth-order valence-electron chi connectivity index (χ4n) is 1.81. The molecule has 1 heterocycles. The second kappa shape index (κ2) is 7.24. The van der Waals surface area contributed by atoms with E-state index >= 15 is 0 Å². The molecule has 0 atom stereocenters. The quantitative estimate of drug-likeness (QED) is 0.561. The van der Waals surface area contributed by atoms with Gasteiger partial charge in [-0.1, -0.05) is 19.1 Å². The third-order valence-corrected chi connectivity index (χ3v) is 3.76. The van der Waals surface area contributed by atoms with Crippen LogP contribution in [0.25, 0.3) is 0 Å². The molecule has 0 radical (unpaired) electrons. The Labute approximate surface area is 127 Å². The summed E-state index contributed by atoms with van der Waals surface area (Å²) in [5.41, 5.74) is 12.1. The first-order valence-electron chi connectivity index (χ1n) is 6.66. The number of hydrogen-bond donors (Lipinski definition) is 3. The Morgan fingerprint density at radius 3 is 2.62 bits per heavy atom. The Hall–Kier alpha value is -1.86. The zero-order valence-corrected chi connectivity index (χ0v) is 12.6. The Bertz CT molecular complexity index is 600. The lowest BCUT2D eigenvalue weighted by molar-refractivity contribution is 0.588. The molecule has 2 rings (SSSR count). The van der Waals surface area contributed by atoms with Crippen LogP contribution in [0.4, 0.5) is 16.0 Å². The maximum Gasteiger partial charge on any atom is 0.196 e. The zero-order valence-electron chi connectivity index (χ0n) is 11.8. The van der Waals surface area contributed by atoms with E-state index in [1.54, 1.807) is 6.07 Å². The maximum absolute atomic E-state index is 14.1. The number of anilines is 2. The predicted molar refractivity (Wildman–Crippen MR) is 83.4 cm³/mol. The fourth-order valence-corrected chi connectivity index (χ4v) is 2.73. The normalized spacial score (nSPS) is 10.8. The number of benzene rings is 1. The van der Waals surface area contributed by atoms with Gasteiger partial charge in [0.15, 0.2) is 5.16 Å². The minimum atomic E-state index is -0.305. The summed E-state index contributed by atoms with van der Waals surface area (Å²) in [6.45, 7) is 3.55. The molecule has 21 heavy (non-hydrogen) atoms. The number of nitrogens with zero attached hydrogens (tertiary/aromatic N) is 2. The van der Waals surface area contributed by atoms with Crippen molar-refractivity contribution in [2.24, 2.45) is 0 Å². The van der Waals surface area contributed by atoms with E-state index in [1.807, 2.05) is 6.07 Å². The summed E-state index contributed by atoms with van der Waals surface area (Å²) >= 11 is 1.13. The van der Waals surface area contributed by atoms with Crippen molar-refractivity contribution < 1.29 is 4.39 Å². The molecule has 5 N–H and O–H groups in total. The zero-order chi connectivity index (χ0) is 15.2. The monoisotopic (exact) mass is 307 g/mol. The van der Waals surface area contributed by atoms with Crippen molar-refractivity contribution in [2.45, 2.75) is 29.9 Å². The first-order valence-corrected chi connectivity index (χ1v) is 7.47. The van der Waals surface area contributed by atoms with Crippen LogP contribution in [0, 0.1) is 5.82 Å². The van der Waals surface area contributed by atoms with Crippen LogP contribution in [0.3, 0.4) is 0 Å². The molecular weight excluding hydrogens is 289 g/mol. The van der Waals surface area contributed by atoms with Crippen LogP contribution >= 0.6 is 11.8 Å². The molecule has 2 aromatic rings. The summed E-state index contributed by atoms with van der Waals surface area (Å²) < 4.78 is 14.1. The minimum absolute atomic E-state index is 0.270. The second-order valence-corrected chi connectivity index (χ2v) is 5.48. The molecule has 0 fully saturated rings. The van der Waals surface area contributed by atoms with Crippen molar-refractivity contribution in [1.82, 2.24) is 15.3 Å². The van der Waals surface area contributed by atoms with E-state index in [0.717, 1.165) is 30.3 Å². The van der Waals surface area contributed by atoms with Crippen molar-refractivity contribution in [3.8, 4) is 0 Å². The summed E-state index contributed by atoms with van der Waals surface area (Å²) in [4.78, 5) is 8.63. The van der Waals surface area contributed by atoms with Crippen LogP contribution in [-0.2, 0) is 6.54 Å². The highest BCUT2D eigenvalue weighted by atomic mass is 32.2. The van der Waals surface area contributed by atoms with E-state index in [0.29, 0.717) is 16.6 Å². The molecular formula is C14H18FN5S. The molecule has 0 aliphatic carbocycles. The molecule has 0 spiro atoms. The van der Waals surface area contributed by atoms with Gasteiger partial charge in [-0.05, 0) is 36.4 Å². The standard InChI is InChI=1S/C14H18FN5S/c1-2-6-18-8-9-4-3-5-10(15)13(9)21-14-19-11(16)7-12(17)20-14/h3-5,7,18H,2,6,8H2,1H3,(H4,16,17,19,20). The van der Waals surface area contributed by atoms with Crippen molar-refractivity contribution in [3.63, 3.8) is 0 Å². The number of nitrogen functional groups attached to an aromatic ring is 2. The first kappa shape index (κ1) is 15.5. The highest BCUT2D eigenvalue weighted by molar-refractivity contribution is 7.99. The smallest absolute Gasteiger partial charge is 0.196 e. The Balaban J connectivity index is 2.25. The summed E-state index contributed by atoms with van der Waals surface area (Å²) in [5.74, 6) is 0.236. The van der Waals surface area contributed by atoms with E-state index in [4.69, 9.17) is 11.5 Å². The van der Waals surface area contributed by atoms with Gasteiger partial charge in [0.25, 0.3) is 0 Å². The molecule has 0 saturated heterocycles. The second-order valence-electron chi connectivity index (χ2n) is 4.51. The lowest BCUT2D eigenvalue weighted by atomic mass is 10.2. The Morgan fingerprint density at radius 2 is 1.95 bits per heavy atom. The molecule has 0 aliphatic rings. The number of nitrogens with two attached hydrogens (primary N) is 2. The van der Waals surface area contributed by atoms with Gasteiger partial charge in [0.1, 0.15) is 17.5 Å². The predicted octanol–water partition coefficient (Wildman–Crippen LogP) is 2.43. The van der Waals surface area contributed by atoms with Crippen molar-refractivity contribution in [3.05, 3.63) is 35.6 Å². The number of nitrogens with one attached hydrogen (secondary N) is 1. The van der Waals surface area contributed by atoms with Gasteiger partial charge < -0.3 is 16.8 Å². The third kappa shape index (κ3) is 4.30. The number of hydrogen-bond acceptors (Lipinski definition) is 6. The molecule has 0 saturated carbocycles. The summed E-state index contributed by atoms with van der Waals surface area (Å²) in [6, 6.07) is 6.46. The maximum atomic E-state index is 14.1. The number of aromatic nitrogens is 2. The molecule has 1 aromatic carbocycles. The van der Waals surface area contributed by atoms with Gasteiger partial charge in [-0.15, -0.1) is 0 Å². The highest BCUT2D eigenvalue weighted by Crippen LogP contribution is 2.31. The van der Waals surface area contributed by atoms with Gasteiger partial charge in [-0.2, -0.15) is 0 Å². The molecule has 1 aromatic heterocycles. The lowest BCUT2D eigenvalue weighted by Gasteiger charge is -2.10. The largest absolute Gasteiger partial charge is 0.383 e. The fraction of sp³-hybridized carbons (Fsp3) is 0.286. The van der Waals surface area contributed by atoms with Crippen LogP contribution in [0.15, 0.2) is 34.3 Å². The van der Waals surface area contributed by atoms with Gasteiger partial charge in [-0.3, -0.25) is 0 Å². The van der Waals surface area contributed by atoms with E-state index in [2.05, 4.69) is 22.2 Å². The van der Waals surface area contributed by atoms with Gasteiger partial charge >= 0.3 is 0 Å². The van der Waals surface area contributed by atoms with Crippen LogP contribution in [0.1, 0.15) is 18.9 Å². The van der Waals surface area contributed by atoms with Gasteiger partial charge in [0, 0.05) is 12.6 Å². The topological polar surface area (TPSA) is 89.8 Å². The van der Waals surface area contributed by atoms with E-state index in [1.165, 1.54) is 12.1 Å². The van der Waals surface area contributed by atoms with Crippen LogP contribution in [0.5, 0.6) is 0 Å². The van der Waals surface area contributed by atoms with Crippen molar-refractivity contribution >= 4 is 23.4 Å². The molecule has 0 bridgehead atoms. The Morgan fingerprint density at radius 1 is 1.24 bits per heavy atom. The number of halogens is 1. The highest BCUT2D eigenvalue weighted by Gasteiger charge is 2.12. The molecule has 0 amide bonds. The lowest BCUT2D eigenvalue weighted by Crippen LogP contribution is -2.14. The van der Waals surface area contributed by atoms with E-state index in [9.17, 15) is 4.39 Å². The molecule has 7 heteroatoms. The average Bonchev–Trinajstić information content (AvgIpc) is 2.41. The SMILES string of the molecule is CCCNCc1cccc(F)c1Sc1nc(N)cc(N)n1. The molecule has 0 unspecified atom stereocenters. The third-order valence-electron chi connectivity index (χ3n) is 2.73. The van der Waals surface area contributed by atoms with Gasteiger partial charge in [0.2, 0.25) is 0 Å². The summed E-state index contributed by atoms with van der Waals surface area (Å²) in [5, 5.41) is 3.60. The van der Waals surface area contributed by atoms with E-state index < -0.39 is 0 Å². The van der Waals surface area contributed by atoms with Gasteiger partial charge in [-0.25, -0.2) is 14.4 Å². The van der Waals surface area contributed by atoms with Crippen molar-refractivity contribution in [2.75, 3.05) is 18.0 Å². The van der Waals surface area contributed by atoms with Crippen LogP contribution < -0.4 is 16.8 Å². The number of rotatable bonds is 6. The minimum Gasteiger partial charge on any atom is -0.383 e. The van der Waals surface area contributed by atoms with Crippen LogP contribution in [0.2, 0.25) is 0 Å². The summed E-state index contributed by atoms with van der Waals surface area (Å²) in [6.07, 6.45) is 1.02. The Kier molecular flexibility index (Phi) is 5.35. The average molecular weight is 307 g/mol. The molecule has 5 nitrogen and oxygen atoms in total.